The van der Waals surface area contributed by atoms with E-state index >= 15 is 0 Å². The Balaban J connectivity index is 1.56. The summed E-state index contributed by atoms with van der Waals surface area (Å²) in [5.74, 6) is 0.940. The number of hydrogen-bond donors (Lipinski definition) is 0. The topological polar surface area (TPSA) is 9.23 Å². The lowest BCUT2D eigenvalue weighted by molar-refractivity contribution is 0.305. The van der Waals surface area contributed by atoms with Crippen molar-refractivity contribution in [3.8, 4) is 5.75 Å². The van der Waals surface area contributed by atoms with Crippen LogP contribution < -0.4 is 4.74 Å². The molecule has 0 spiro atoms. The normalized spacial score (nSPS) is 10.4. The highest BCUT2D eigenvalue weighted by molar-refractivity contribution is 5.28. The second kappa shape index (κ2) is 7.63. The van der Waals surface area contributed by atoms with Crippen molar-refractivity contribution in [2.24, 2.45) is 0 Å². The van der Waals surface area contributed by atoms with E-state index in [1.165, 1.54) is 18.4 Å². The Morgan fingerprint density at radius 3 is 2.26 bits per heavy atom. The van der Waals surface area contributed by atoms with Gasteiger partial charge in [0, 0.05) is 0 Å². The number of unbranched alkanes of at least 4 members (excludes halogenated alkanes) is 2. The second-order valence-electron chi connectivity index (χ2n) is 4.79. The van der Waals surface area contributed by atoms with Gasteiger partial charge in [0.05, 0.1) is 6.61 Å². The fourth-order valence-electron chi connectivity index (χ4n) is 2.03. The van der Waals surface area contributed by atoms with E-state index in [9.17, 15) is 0 Å². The molecular weight excluding hydrogens is 232 g/mol. The predicted molar refractivity (Wildman–Crippen MR) is 80.4 cm³/mol. The average Bonchev–Trinajstić information content (AvgIpc) is 2.46. The molecule has 0 N–H and O–H groups in total. The Morgan fingerprint density at radius 2 is 1.53 bits per heavy atom. The molecule has 0 aliphatic heterocycles. The van der Waals surface area contributed by atoms with Gasteiger partial charge in [0.2, 0.25) is 0 Å². The first-order chi connectivity index (χ1) is 9.34. The van der Waals surface area contributed by atoms with Gasteiger partial charge in [-0.15, -0.1) is 0 Å². The maximum atomic E-state index is 5.69. The minimum atomic E-state index is 0.797. The highest BCUT2D eigenvalue weighted by Gasteiger charge is 1.95. The van der Waals surface area contributed by atoms with Crippen LogP contribution >= 0.6 is 0 Å². The predicted octanol–water partition coefficient (Wildman–Crippen LogP) is 4.66. The minimum absolute atomic E-state index is 0.797. The van der Waals surface area contributed by atoms with Crippen LogP contribution in [0.3, 0.4) is 0 Å². The molecule has 0 bridgehead atoms. The van der Waals surface area contributed by atoms with Gasteiger partial charge in [0.15, 0.2) is 0 Å². The molecule has 1 radical (unpaired) electrons. The third-order valence-electron chi connectivity index (χ3n) is 3.14. The molecule has 2 aromatic rings. The Bertz CT molecular complexity index is 459. The maximum Gasteiger partial charge on any atom is 0.119 e. The SMILES string of the molecule is [CH2]c1ccc(OCCCCCc2ccccc2)cc1. The first-order valence-corrected chi connectivity index (χ1v) is 6.93. The smallest absolute Gasteiger partial charge is 0.119 e. The van der Waals surface area contributed by atoms with Crippen LogP contribution in [0.1, 0.15) is 30.4 Å². The van der Waals surface area contributed by atoms with Crippen LogP contribution in [0.5, 0.6) is 5.75 Å². The monoisotopic (exact) mass is 253 g/mol. The van der Waals surface area contributed by atoms with E-state index in [1.807, 2.05) is 24.3 Å². The van der Waals surface area contributed by atoms with Crippen LogP contribution in [-0.2, 0) is 6.42 Å². The molecule has 1 heteroatoms. The van der Waals surface area contributed by atoms with E-state index in [4.69, 9.17) is 4.74 Å². The van der Waals surface area contributed by atoms with Crippen LogP contribution in [-0.4, -0.2) is 6.61 Å². The van der Waals surface area contributed by atoms with Gasteiger partial charge >= 0.3 is 0 Å². The molecule has 99 valence electrons. The Kier molecular flexibility index (Phi) is 5.49. The summed E-state index contributed by atoms with van der Waals surface area (Å²) < 4.78 is 5.69. The zero-order chi connectivity index (χ0) is 13.3. The molecule has 19 heavy (non-hydrogen) atoms. The van der Waals surface area contributed by atoms with Crippen molar-refractivity contribution in [2.45, 2.75) is 25.7 Å². The fourth-order valence-corrected chi connectivity index (χ4v) is 2.03. The molecule has 0 aliphatic rings. The molecule has 2 aromatic carbocycles. The fraction of sp³-hybridized carbons (Fsp3) is 0.278. The molecule has 0 unspecified atom stereocenters. The molecular formula is C18H21O. The van der Waals surface area contributed by atoms with Crippen molar-refractivity contribution < 1.29 is 4.74 Å². The molecule has 0 fully saturated rings. The first-order valence-electron chi connectivity index (χ1n) is 6.93. The van der Waals surface area contributed by atoms with Crippen molar-refractivity contribution >= 4 is 0 Å². The molecule has 0 saturated carbocycles. The van der Waals surface area contributed by atoms with Gasteiger partial charge < -0.3 is 4.74 Å². The second-order valence-corrected chi connectivity index (χ2v) is 4.79. The molecule has 1 nitrogen and oxygen atoms in total. The van der Waals surface area contributed by atoms with E-state index < -0.39 is 0 Å². The van der Waals surface area contributed by atoms with Gasteiger partial charge in [0.1, 0.15) is 5.75 Å². The van der Waals surface area contributed by atoms with Gasteiger partial charge in [-0.3, -0.25) is 0 Å². The lowest BCUT2D eigenvalue weighted by Gasteiger charge is -2.06. The van der Waals surface area contributed by atoms with E-state index in [0.717, 1.165) is 30.8 Å². The Hall–Kier alpha value is -1.76. The summed E-state index contributed by atoms with van der Waals surface area (Å²) in [6, 6.07) is 18.6. The molecule has 0 saturated heterocycles. The maximum absolute atomic E-state index is 5.69. The Labute approximate surface area is 116 Å². The van der Waals surface area contributed by atoms with Crippen LogP contribution in [0.4, 0.5) is 0 Å². The summed E-state index contributed by atoms with van der Waals surface area (Å²) in [6.07, 6.45) is 4.71. The van der Waals surface area contributed by atoms with Crippen LogP contribution in [0.2, 0.25) is 0 Å². The third kappa shape index (κ3) is 5.17. The summed E-state index contributed by atoms with van der Waals surface area (Å²) >= 11 is 0. The molecule has 2 rings (SSSR count). The van der Waals surface area contributed by atoms with Crippen LogP contribution in [0.25, 0.3) is 0 Å². The summed E-state index contributed by atoms with van der Waals surface area (Å²) in [5.41, 5.74) is 2.45. The molecule has 0 aromatic heterocycles. The zero-order valence-corrected chi connectivity index (χ0v) is 11.3. The van der Waals surface area contributed by atoms with Crippen LogP contribution in [0, 0.1) is 6.92 Å². The zero-order valence-electron chi connectivity index (χ0n) is 11.3. The van der Waals surface area contributed by atoms with Gasteiger partial charge in [-0.2, -0.15) is 0 Å². The van der Waals surface area contributed by atoms with Crippen molar-refractivity contribution in [2.75, 3.05) is 6.61 Å². The van der Waals surface area contributed by atoms with Crippen molar-refractivity contribution in [1.29, 1.82) is 0 Å². The minimum Gasteiger partial charge on any atom is -0.494 e. The number of hydrogen-bond acceptors (Lipinski definition) is 1. The van der Waals surface area contributed by atoms with Crippen molar-refractivity contribution in [3.05, 3.63) is 72.6 Å². The standard InChI is InChI=1S/C18H21O/c1-16-11-13-18(14-12-16)19-15-7-3-6-10-17-8-4-2-5-9-17/h2,4-5,8-9,11-14H,1,3,6-7,10,15H2. The average molecular weight is 253 g/mol. The highest BCUT2D eigenvalue weighted by atomic mass is 16.5. The third-order valence-corrected chi connectivity index (χ3v) is 3.14. The number of benzene rings is 2. The summed E-state index contributed by atoms with van der Waals surface area (Å²) in [6.45, 7) is 4.65. The van der Waals surface area contributed by atoms with Gasteiger partial charge in [-0.25, -0.2) is 0 Å². The number of aryl methyl sites for hydroxylation is 1. The van der Waals surface area contributed by atoms with Crippen LogP contribution in [0.15, 0.2) is 54.6 Å². The first kappa shape index (κ1) is 13.7. The summed E-state index contributed by atoms with van der Waals surface area (Å²) in [4.78, 5) is 0. The molecule has 0 atom stereocenters. The molecule has 0 heterocycles. The lowest BCUT2D eigenvalue weighted by atomic mass is 10.1. The van der Waals surface area contributed by atoms with Gasteiger partial charge in [0.25, 0.3) is 0 Å². The van der Waals surface area contributed by atoms with Crippen molar-refractivity contribution in [1.82, 2.24) is 0 Å². The summed E-state index contributed by atoms with van der Waals surface area (Å²) in [7, 11) is 0. The number of rotatable bonds is 7. The molecule has 0 amide bonds. The summed E-state index contributed by atoms with van der Waals surface area (Å²) in [5, 5.41) is 0. The largest absolute Gasteiger partial charge is 0.494 e. The quantitative estimate of drug-likeness (QED) is 0.652. The highest BCUT2D eigenvalue weighted by Crippen LogP contribution is 2.12. The lowest BCUT2D eigenvalue weighted by Crippen LogP contribution is -1.97. The van der Waals surface area contributed by atoms with E-state index in [2.05, 4.69) is 37.3 Å². The Morgan fingerprint density at radius 1 is 0.789 bits per heavy atom. The van der Waals surface area contributed by atoms with Gasteiger partial charge in [-0.05, 0) is 55.9 Å². The van der Waals surface area contributed by atoms with E-state index in [-0.39, 0.29) is 0 Å². The number of ether oxygens (including phenoxy) is 1. The van der Waals surface area contributed by atoms with Gasteiger partial charge in [-0.1, -0.05) is 42.5 Å². The van der Waals surface area contributed by atoms with E-state index in [0.29, 0.717) is 0 Å². The van der Waals surface area contributed by atoms with Crippen molar-refractivity contribution in [3.63, 3.8) is 0 Å². The van der Waals surface area contributed by atoms with E-state index in [1.54, 1.807) is 0 Å². The molecule has 0 aliphatic carbocycles.